The smallest absolute Gasteiger partial charge is 0.242 e. The van der Waals surface area contributed by atoms with Gasteiger partial charge in [-0.3, -0.25) is 4.79 Å². The van der Waals surface area contributed by atoms with Gasteiger partial charge in [0.15, 0.2) is 5.16 Å². The molecule has 0 saturated heterocycles. The molecular weight excluding hydrogens is 444 g/mol. The summed E-state index contributed by atoms with van der Waals surface area (Å²) in [4.78, 5) is 21.2. The fourth-order valence-corrected chi connectivity index (χ4v) is 5.24. The second-order valence-electron chi connectivity index (χ2n) is 6.98. The summed E-state index contributed by atoms with van der Waals surface area (Å²) >= 11 is 1.32. The van der Waals surface area contributed by atoms with E-state index in [9.17, 15) is 13.2 Å². The molecule has 1 atom stereocenters. The summed E-state index contributed by atoms with van der Waals surface area (Å²) in [7, 11) is -3.55. The first-order valence-corrected chi connectivity index (χ1v) is 12.4. The molecule has 1 aromatic heterocycles. The maximum absolute atomic E-state index is 13.2. The van der Waals surface area contributed by atoms with Crippen molar-refractivity contribution in [3.8, 4) is 0 Å². The first kappa shape index (κ1) is 22.1. The molecule has 7 nitrogen and oxygen atoms in total. The Morgan fingerprint density at radius 1 is 1.00 bits per heavy atom. The summed E-state index contributed by atoms with van der Waals surface area (Å²) in [5, 5.41) is 2.98. The number of sulfonamides is 1. The largest absolute Gasteiger partial charge is 0.333 e. The van der Waals surface area contributed by atoms with Crippen LogP contribution in [0.15, 0.2) is 88.9 Å². The topological polar surface area (TPSA) is 104 Å². The minimum Gasteiger partial charge on any atom is -0.333 e. The van der Waals surface area contributed by atoms with E-state index in [0.717, 1.165) is 16.6 Å². The van der Waals surface area contributed by atoms with Gasteiger partial charge in [0.25, 0.3) is 0 Å². The molecular formula is C23H22N4O3S2. The number of fused-ring (bicyclic) bond motifs is 1. The van der Waals surface area contributed by atoms with Crippen LogP contribution in [0.1, 0.15) is 17.7 Å². The van der Waals surface area contributed by atoms with Crippen molar-refractivity contribution in [2.24, 2.45) is 0 Å². The number of thioether (sulfide) groups is 1. The first-order valence-electron chi connectivity index (χ1n) is 10.0. The Morgan fingerprint density at radius 3 is 2.38 bits per heavy atom. The number of carbonyl (C=O) groups is 1. The Hall–Kier alpha value is -3.14. The molecule has 0 radical (unpaired) electrons. The van der Waals surface area contributed by atoms with Crippen LogP contribution in [0.3, 0.4) is 0 Å². The van der Waals surface area contributed by atoms with Crippen molar-refractivity contribution in [2.45, 2.75) is 22.2 Å². The number of anilines is 1. The maximum Gasteiger partial charge on any atom is 0.242 e. The molecule has 0 spiro atoms. The summed E-state index contributed by atoms with van der Waals surface area (Å²) in [6, 6.07) is 23.2. The lowest BCUT2D eigenvalue weighted by Crippen LogP contribution is -2.23. The highest BCUT2D eigenvalue weighted by atomic mass is 32.2. The molecule has 3 N–H and O–H groups in total. The highest BCUT2D eigenvalue weighted by molar-refractivity contribution is 8.00. The predicted molar refractivity (Wildman–Crippen MR) is 127 cm³/mol. The third kappa shape index (κ3) is 5.01. The molecule has 4 rings (SSSR count). The molecule has 3 aromatic carbocycles. The van der Waals surface area contributed by atoms with E-state index in [1.165, 1.54) is 23.9 Å². The molecule has 0 fully saturated rings. The third-order valence-corrected chi connectivity index (χ3v) is 7.40. The number of para-hydroxylation sites is 2. The number of hydrogen-bond acceptors (Lipinski definition) is 5. The van der Waals surface area contributed by atoms with Crippen LogP contribution in [-0.4, -0.2) is 30.8 Å². The normalized spacial score (nSPS) is 12.5. The van der Waals surface area contributed by atoms with Crippen molar-refractivity contribution in [2.75, 3.05) is 11.9 Å². The molecule has 9 heteroatoms. The van der Waals surface area contributed by atoms with Gasteiger partial charge in [0.1, 0.15) is 5.25 Å². The van der Waals surface area contributed by atoms with Gasteiger partial charge in [0.2, 0.25) is 15.9 Å². The molecule has 164 valence electrons. The molecule has 0 unspecified atom stereocenters. The van der Waals surface area contributed by atoms with Gasteiger partial charge in [-0.1, -0.05) is 61.2 Å². The predicted octanol–water partition coefficient (Wildman–Crippen LogP) is 4.33. The number of imidazole rings is 1. The highest BCUT2D eigenvalue weighted by Gasteiger charge is 2.24. The van der Waals surface area contributed by atoms with Crippen LogP contribution < -0.4 is 10.0 Å². The van der Waals surface area contributed by atoms with Crippen molar-refractivity contribution in [1.82, 2.24) is 14.7 Å². The van der Waals surface area contributed by atoms with Gasteiger partial charge in [0, 0.05) is 12.2 Å². The lowest BCUT2D eigenvalue weighted by Gasteiger charge is -2.16. The summed E-state index contributed by atoms with van der Waals surface area (Å²) in [6.07, 6.45) is 0. The number of rotatable bonds is 8. The molecule has 0 aliphatic carbocycles. The van der Waals surface area contributed by atoms with Crippen LogP contribution in [0, 0.1) is 0 Å². The van der Waals surface area contributed by atoms with Crippen molar-refractivity contribution in [3.05, 3.63) is 84.4 Å². The molecule has 32 heavy (non-hydrogen) atoms. The minimum absolute atomic E-state index is 0.147. The van der Waals surface area contributed by atoms with E-state index < -0.39 is 15.3 Å². The van der Waals surface area contributed by atoms with Crippen molar-refractivity contribution in [3.63, 3.8) is 0 Å². The third-order valence-electron chi connectivity index (χ3n) is 4.70. The Labute approximate surface area is 190 Å². The summed E-state index contributed by atoms with van der Waals surface area (Å²) in [6.45, 7) is 2.02. The van der Waals surface area contributed by atoms with Crippen molar-refractivity contribution in [1.29, 1.82) is 0 Å². The van der Waals surface area contributed by atoms with Crippen LogP contribution in [0.5, 0.6) is 0 Å². The summed E-state index contributed by atoms with van der Waals surface area (Å²) < 4.78 is 26.7. The van der Waals surface area contributed by atoms with Crippen LogP contribution >= 0.6 is 11.8 Å². The van der Waals surface area contributed by atoms with Crippen LogP contribution in [0.2, 0.25) is 0 Å². The first-order chi connectivity index (χ1) is 15.5. The van der Waals surface area contributed by atoms with Gasteiger partial charge in [-0.05, 0) is 42.0 Å². The van der Waals surface area contributed by atoms with E-state index in [-0.39, 0.29) is 10.8 Å². The summed E-state index contributed by atoms with van der Waals surface area (Å²) in [5.74, 6) is -0.232. The van der Waals surface area contributed by atoms with E-state index in [1.54, 1.807) is 19.1 Å². The van der Waals surface area contributed by atoms with E-state index >= 15 is 0 Å². The number of hydrogen-bond donors (Lipinski definition) is 3. The molecule has 1 heterocycles. The van der Waals surface area contributed by atoms with Crippen molar-refractivity contribution < 1.29 is 13.2 Å². The van der Waals surface area contributed by atoms with E-state index in [4.69, 9.17) is 0 Å². The number of amides is 1. The zero-order chi connectivity index (χ0) is 22.6. The zero-order valence-corrected chi connectivity index (χ0v) is 18.9. The van der Waals surface area contributed by atoms with Gasteiger partial charge >= 0.3 is 0 Å². The monoisotopic (exact) mass is 466 g/mol. The average molecular weight is 467 g/mol. The van der Waals surface area contributed by atoms with Gasteiger partial charge in [0.05, 0.1) is 15.9 Å². The fraction of sp³-hybridized carbons (Fsp3) is 0.130. The van der Waals surface area contributed by atoms with Crippen molar-refractivity contribution >= 4 is 44.4 Å². The standard InChI is InChI=1S/C23H22N4O3S2/c1-2-24-32(29,30)18-14-12-17(13-15-18)25-22(28)21(16-8-4-3-5-9-16)31-23-26-19-10-6-7-11-20(19)27-23/h3-15,21,24H,2H2,1H3,(H,25,28)(H,26,27)/t21-/m1/s1. The number of carbonyl (C=O) groups excluding carboxylic acids is 1. The highest BCUT2D eigenvalue weighted by Crippen LogP contribution is 2.35. The summed E-state index contributed by atoms with van der Waals surface area (Å²) in [5.41, 5.74) is 3.08. The average Bonchev–Trinajstić information content (AvgIpc) is 3.21. The Morgan fingerprint density at radius 2 is 1.69 bits per heavy atom. The lowest BCUT2D eigenvalue weighted by molar-refractivity contribution is -0.115. The number of nitrogens with zero attached hydrogens (tertiary/aromatic N) is 1. The second-order valence-corrected chi connectivity index (χ2v) is 9.84. The molecule has 0 aliphatic heterocycles. The Kier molecular flexibility index (Phi) is 6.59. The quantitative estimate of drug-likeness (QED) is 0.335. The molecule has 1 amide bonds. The second kappa shape index (κ2) is 9.56. The SMILES string of the molecule is CCNS(=O)(=O)c1ccc(NC(=O)[C@H](Sc2nc3ccccc3[nH]2)c2ccccc2)cc1. The lowest BCUT2D eigenvalue weighted by atomic mass is 10.1. The van der Waals surface area contributed by atoms with Crippen LogP contribution in [-0.2, 0) is 14.8 Å². The van der Waals surface area contributed by atoms with Crippen LogP contribution in [0.4, 0.5) is 5.69 Å². The molecule has 0 bridgehead atoms. The number of benzene rings is 3. The minimum atomic E-state index is -3.55. The fourth-order valence-electron chi connectivity index (χ4n) is 3.20. The number of nitrogens with one attached hydrogen (secondary N) is 3. The van der Waals surface area contributed by atoms with E-state index in [0.29, 0.717) is 17.4 Å². The van der Waals surface area contributed by atoms with Gasteiger partial charge in [-0.25, -0.2) is 18.1 Å². The number of aromatic amines is 1. The van der Waals surface area contributed by atoms with E-state index in [2.05, 4.69) is 20.0 Å². The van der Waals surface area contributed by atoms with Crippen LogP contribution in [0.25, 0.3) is 11.0 Å². The molecule has 0 saturated carbocycles. The number of H-pyrrole nitrogens is 1. The Balaban J connectivity index is 1.57. The molecule has 0 aliphatic rings. The van der Waals surface area contributed by atoms with Gasteiger partial charge in [-0.2, -0.15) is 0 Å². The zero-order valence-electron chi connectivity index (χ0n) is 17.3. The molecule has 4 aromatic rings. The maximum atomic E-state index is 13.2. The Bertz CT molecular complexity index is 1290. The van der Waals surface area contributed by atoms with E-state index in [1.807, 2.05) is 54.6 Å². The van der Waals surface area contributed by atoms with Gasteiger partial charge < -0.3 is 10.3 Å². The van der Waals surface area contributed by atoms with Gasteiger partial charge in [-0.15, -0.1) is 0 Å². The number of aromatic nitrogens is 2.